The Bertz CT molecular complexity index is 370. The molecule has 0 atom stereocenters. The van der Waals surface area contributed by atoms with Crippen LogP contribution in [0.5, 0.6) is 0 Å². The molecule has 3 heteroatoms. The summed E-state index contributed by atoms with van der Waals surface area (Å²) in [5, 5.41) is 6.67. The van der Waals surface area contributed by atoms with E-state index in [9.17, 15) is 4.79 Å². The summed E-state index contributed by atoms with van der Waals surface area (Å²) < 4.78 is 0. The summed E-state index contributed by atoms with van der Waals surface area (Å²) in [6, 6.07) is 0. The molecule has 0 aromatic carbocycles. The molecule has 1 N–H and O–H groups in total. The molecule has 0 radical (unpaired) electrons. The zero-order valence-corrected chi connectivity index (χ0v) is 9.20. The highest BCUT2D eigenvalue weighted by Gasteiger charge is 2.07. The number of aryl methyl sites for hydroxylation is 1. The molecule has 0 aliphatic heterocycles. The highest BCUT2D eigenvalue weighted by Crippen LogP contribution is 2.12. The normalized spacial score (nSPS) is 9.00. The number of carbonyl (C=O) groups is 1. The lowest BCUT2D eigenvalue weighted by molar-refractivity contribution is 0.0954. The molecular formula is C11H13NOS. The summed E-state index contributed by atoms with van der Waals surface area (Å²) >= 11 is 1.55. The summed E-state index contributed by atoms with van der Waals surface area (Å²) in [5.41, 5.74) is 1.81. The quantitative estimate of drug-likeness (QED) is 0.597. The van der Waals surface area contributed by atoms with Crippen LogP contribution in [0.15, 0.2) is 10.8 Å². The minimum atomic E-state index is 0.00153. The van der Waals surface area contributed by atoms with Crippen LogP contribution in [-0.2, 0) is 0 Å². The maximum Gasteiger partial charge on any atom is 0.252 e. The number of rotatable bonds is 3. The molecular weight excluding hydrogens is 194 g/mol. The fraction of sp³-hybridized carbons (Fsp3) is 0.364. The van der Waals surface area contributed by atoms with Crippen molar-refractivity contribution in [3.8, 4) is 11.8 Å². The Morgan fingerprint density at radius 2 is 2.36 bits per heavy atom. The van der Waals surface area contributed by atoms with Gasteiger partial charge in [-0.3, -0.25) is 4.79 Å². The molecule has 2 nitrogen and oxygen atoms in total. The van der Waals surface area contributed by atoms with E-state index < -0.39 is 0 Å². The number of nitrogens with one attached hydrogen (secondary N) is 1. The SMILES string of the molecule is CC#CCCNC(=O)c1cscc1C. The lowest BCUT2D eigenvalue weighted by Gasteiger charge is -2.01. The minimum Gasteiger partial charge on any atom is -0.351 e. The highest BCUT2D eigenvalue weighted by molar-refractivity contribution is 7.08. The number of thiophene rings is 1. The molecule has 14 heavy (non-hydrogen) atoms. The van der Waals surface area contributed by atoms with Crippen LogP contribution in [0.3, 0.4) is 0 Å². The van der Waals surface area contributed by atoms with E-state index in [4.69, 9.17) is 0 Å². The minimum absolute atomic E-state index is 0.00153. The van der Waals surface area contributed by atoms with E-state index in [0.29, 0.717) is 13.0 Å². The summed E-state index contributed by atoms with van der Waals surface area (Å²) in [6.07, 6.45) is 0.714. The maximum atomic E-state index is 11.5. The van der Waals surface area contributed by atoms with Crippen LogP contribution in [0.2, 0.25) is 0 Å². The van der Waals surface area contributed by atoms with Crippen molar-refractivity contribution in [2.45, 2.75) is 20.3 Å². The molecule has 1 rings (SSSR count). The second-order valence-electron chi connectivity index (χ2n) is 2.90. The Balaban J connectivity index is 2.42. The Morgan fingerprint density at radius 1 is 1.57 bits per heavy atom. The first kappa shape index (κ1) is 10.8. The van der Waals surface area contributed by atoms with E-state index in [1.807, 2.05) is 17.7 Å². The van der Waals surface area contributed by atoms with Gasteiger partial charge in [0.05, 0.1) is 5.56 Å². The lowest BCUT2D eigenvalue weighted by atomic mass is 10.2. The topological polar surface area (TPSA) is 29.1 Å². The van der Waals surface area contributed by atoms with Gasteiger partial charge in [0.1, 0.15) is 0 Å². The van der Waals surface area contributed by atoms with Gasteiger partial charge in [0.15, 0.2) is 0 Å². The fourth-order valence-electron chi connectivity index (χ4n) is 1.05. The molecule has 0 spiro atoms. The molecule has 74 valence electrons. The largest absolute Gasteiger partial charge is 0.351 e. The van der Waals surface area contributed by atoms with Crippen LogP contribution < -0.4 is 5.32 Å². The molecule has 0 aliphatic rings. The van der Waals surface area contributed by atoms with Crippen LogP contribution in [0.25, 0.3) is 0 Å². The molecule has 0 aliphatic carbocycles. The highest BCUT2D eigenvalue weighted by atomic mass is 32.1. The number of hydrogen-bond acceptors (Lipinski definition) is 2. The van der Waals surface area contributed by atoms with Gasteiger partial charge in [-0.2, -0.15) is 11.3 Å². The number of carbonyl (C=O) groups excluding carboxylic acids is 1. The van der Waals surface area contributed by atoms with Crippen molar-refractivity contribution in [3.05, 3.63) is 21.9 Å². The van der Waals surface area contributed by atoms with Crippen molar-refractivity contribution in [1.29, 1.82) is 0 Å². The van der Waals surface area contributed by atoms with Crippen LogP contribution in [-0.4, -0.2) is 12.5 Å². The first-order valence-electron chi connectivity index (χ1n) is 4.46. The van der Waals surface area contributed by atoms with Gasteiger partial charge >= 0.3 is 0 Å². The average molecular weight is 207 g/mol. The van der Waals surface area contributed by atoms with Crippen molar-refractivity contribution in [1.82, 2.24) is 5.32 Å². The van der Waals surface area contributed by atoms with Crippen molar-refractivity contribution in [2.75, 3.05) is 6.54 Å². The lowest BCUT2D eigenvalue weighted by Crippen LogP contribution is -2.24. The molecule has 0 fully saturated rings. The molecule has 0 bridgehead atoms. The summed E-state index contributed by atoms with van der Waals surface area (Å²) in [6.45, 7) is 4.36. The van der Waals surface area contributed by atoms with E-state index in [0.717, 1.165) is 11.1 Å². The number of amides is 1. The molecule has 0 unspecified atom stereocenters. The van der Waals surface area contributed by atoms with E-state index in [2.05, 4.69) is 17.2 Å². The Morgan fingerprint density at radius 3 is 2.93 bits per heavy atom. The smallest absolute Gasteiger partial charge is 0.252 e. The second kappa shape index (κ2) is 5.46. The van der Waals surface area contributed by atoms with Crippen LogP contribution in [0, 0.1) is 18.8 Å². The van der Waals surface area contributed by atoms with Gasteiger partial charge in [-0.1, -0.05) is 0 Å². The van der Waals surface area contributed by atoms with Crippen molar-refractivity contribution >= 4 is 17.2 Å². The third-order valence-corrected chi connectivity index (χ3v) is 2.67. The van der Waals surface area contributed by atoms with Gasteiger partial charge in [-0.15, -0.1) is 11.8 Å². The molecule has 1 aromatic heterocycles. The second-order valence-corrected chi connectivity index (χ2v) is 3.64. The average Bonchev–Trinajstić information content (AvgIpc) is 2.59. The molecule has 1 aromatic rings. The van der Waals surface area contributed by atoms with E-state index >= 15 is 0 Å². The molecule has 0 saturated heterocycles. The van der Waals surface area contributed by atoms with Gasteiger partial charge in [0.2, 0.25) is 0 Å². The number of hydrogen-bond donors (Lipinski definition) is 1. The Labute approximate surface area is 88.3 Å². The molecule has 1 heterocycles. The predicted octanol–water partition coefficient (Wildman–Crippen LogP) is 2.20. The van der Waals surface area contributed by atoms with E-state index in [-0.39, 0.29) is 5.91 Å². The third kappa shape index (κ3) is 2.90. The van der Waals surface area contributed by atoms with Crippen molar-refractivity contribution < 1.29 is 4.79 Å². The van der Waals surface area contributed by atoms with E-state index in [1.54, 1.807) is 18.3 Å². The maximum absolute atomic E-state index is 11.5. The predicted molar refractivity (Wildman–Crippen MR) is 59.5 cm³/mol. The monoisotopic (exact) mass is 207 g/mol. The van der Waals surface area contributed by atoms with Crippen molar-refractivity contribution in [2.24, 2.45) is 0 Å². The van der Waals surface area contributed by atoms with Crippen LogP contribution in [0.4, 0.5) is 0 Å². The fourth-order valence-corrected chi connectivity index (χ4v) is 1.88. The zero-order chi connectivity index (χ0) is 10.4. The van der Waals surface area contributed by atoms with Gasteiger partial charge in [0, 0.05) is 18.3 Å². The van der Waals surface area contributed by atoms with Crippen LogP contribution in [0.1, 0.15) is 29.3 Å². The standard InChI is InChI=1S/C11H13NOS/c1-3-4-5-6-12-11(13)10-8-14-7-9(10)2/h7-8H,5-6H2,1-2H3,(H,12,13). The van der Waals surface area contributed by atoms with Crippen molar-refractivity contribution in [3.63, 3.8) is 0 Å². The molecule has 1 amide bonds. The van der Waals surface area contributed by atoms with Gasteiger partial charge < -0.3 is 5.32 Å². The third-order valence-electron chi connectivity index (χ3n) is 1.81. The van der Waals surface area contributed by atoms with Gasteiger partial charge in [0.25, 0.3) is 5.91 Å². The Kier molecular flexibility index (Phi) is 4.21. The summed E-state index contributed by atoms with van der Waals surface area (Å²) in [4.78, 5) is 11.5. The Hall–Kier alpha value is -1.27. The zero-order valence-electron chi connectivity index (χ0n) is 8.39. The first-order chi connectivity index (χ1) is 6.75. The van der Waals surface area contributed by atoms with Gasteiger partial charge in [-0.05, 0) is 24.8 Å². The first-order valence-corrected chi connectivity index (χ1v) is 5.40. The van der Waals surface area contributed by atoms with E-state index in [1.165, 1.54) is 0 Å². The summed E-state index contributed by atoms with van der Waals surface area (Å²) in [7, 11) is 0. The molecule has 0 saturated carbocycles. The van der Waals surface area contributed by atoms with Crippen LogP contribution >= 0.6 is 11.3 Å². The van der Waals surface area contributed by atoms with Gasteiger partial charge in [-0.25, -0.2) is 0 Å². The summed E-state index contributed by atoms with van der Waals surface area (Å²) in [5.74, 6) is 5.69.